The van der Waals surface area contributed by atoms with E-state index in [9.17, 15) is 4.79 Å². The van der Waals surface area contributed by atoms with Crippen LogP contribution in [0.25, 0.3) is 0 Å². The second-order valence-electron chi connectivity index (χ2n) is 5.41. The molecule has 0 bridgehead atoms. The largest absolute Gasteiger partial charge is 0.352 e. The Morgan fingerprint density at radius 3 is 2.29 bits per heavy atom. The zero-order chi connectivity index (χ0) is 13.4. The van der Waals surface area contributed by atoms with Gasteiger partial charge in [-0.2, -0.15) is 0 Å². The maximum Gasteiger partial charge on any atom is 0.272 e. The van der Waals surface area contributed by atoms with E-state index >= 15 is 0 Å². The quantitative estimate of drug-likeness (QED) is 0.624. The number of allylic oxidation sites excluding steroid dienone is 2. The standard InChI is InChI=1S/C12H18Cl3NO/c1-7(2)5-8-9(11(8,3)4)6-16-10(17)12(13,14)15/h5,8-9H,6H2,1-4H3,(H,16,17)/t8-,9+/m1/s1. The Labute approximate surface area is 118 Å². The van der Waals surface area contributed by atoms with Crippen LogP contribution in [-0.2, 0) is 4.79 Å². The molecule has 0 aromatic rings. The first kappa shape index (κ1) is 15.1. The van der Waals surface area contributed by atoms with E-state index in [1.54, 1.807) is 0 Å². The molecule has 1 fully saturated rings. The molecule has 0 aliphatic heterocycles. The maximum atomic E-state index is 11.4. The Morgan fingerprint density at radius 2 is 1.88 bits per heavy atom. The number of nitrogens with one attached hydrogen (secondary N) is 1. The Kier molecular flexibility index (Phi) is 4.44. The topological polar surface area (TPSA) is 29.1 Å². The van der Waals surface area contributed by atoms with Crippen molar-refractivity contribution < 1.29 is 4.79 Å². The molecular weight excluding hydrogens is 280 g/mol. The number of alkyl halides is 3. The molecule has 0 heterocycles. The number of halogens is 3. The zero-order valence-electron chi connectivity index (χ0n) is 10.5. The van der Waals surface area contributed by atoms with Crippen molar-refractivity contribution in [2.45, 2.75) is 31.5 Å². The lowest BCUT2D eigenvalue weighted by atomic mass is 10.1. The van der Waals surface area contributed by atoms with Gasteiger partial charge in [-0.25, -0.2) is 0 Å². The van der Waals surface area contributed by atoms with Gasteiger partial charge >= 0.3 is 0 Å². The van der Waals surface area contributed by atoms with Crippen LogP contribution in [0.3, 0.4) is 0 Å². The van der Waals surface area contributed by atoms with Crippen molar-refractivity contribution in [2.24, 2.45) is 17.3 Å². The average Bonchev–Trinajstić information content (AvgIpc) is 2.61. The number of rotatable bonds is 3. The Balaban J connectivity index is 2.50. The Morgan fingerprint density at radius 1 is 1.35 bits per heavy atom. The molecule has 1 N–H and O–H groups in total. The molecule has 0 spiro atoms. The summed E-state index contributed by atoms with van der Waals surface area (Å²) in [6, 6.07) is 0. The van der Waals surface area contributed by atoms with Crippen LogP contribution in [0.2, 0.25) is 0 Å². The third-order valence-electron chi connectivity index (χ3n) is 3.39. The van der Waals surface area contributed by atoms with Crippen molar-refractivity contribution in [3.8, 4) is 0 Å². The van der Waals surface area contributed by atoms with E-state index in [4.69, 9.17) is 34.8 Å². The van der Waals surface area contributed by atoms with Crippen LogP contribution >= 0.6 is 34.8 Å². The molecular formula is C12H18Cl3NO. The highest BCUT2D eigenvalue weighted by atomic mass is 35.6. The van der Waals surface area contributed by atoms with E-state index in [0.29, 0.717) is 18.4 Å². The normalized spacial score (nSPS) is 26.3. The summed E-state index contributed by atoms with van der Waals surface area (Å²) < 4.78 is -1.87. The first-order valence-corrected chi connectivity index (χ1v) is 6.70. The SMILES string of the molecule is CC(C)=C[C@@H]1[C@H](CNC(=O)C(Cl)(Cl)Cl)C1(C)C. The van der Waals surface area contributed by atoms with E-state index in [1.807, 2.05) is 0 Å². The summed E-state index contributed by atoms with van der Waals surface area (Å²) >= 11 is 16.5. The van der Waals surface area contributed by atoms with Crippen molar-refractivity contribution in [3.63, 3.8) is 0 Å². The number of carbonyl (C=O) groups is 1. The van der Waals surface area contributed by atoms with Crippen LogP contribution in [0.15, 0.2) is 11.6 Å². The smallest absolute Gasteiger partial charge is 0.272 e. The van der Waals surface area contributed by atoms with Crippen molar-refractivity contribution in [1.29, 1.82) is 0 Å². The first-order valence-electron chi connectivity index (χ1n) is 5.57. The minimum Gasteiger partial charge on any atom is -0.352 e. The Hall–Kier alpha value is 0.0800. The van der Waals surface area contributed by atoms with Gasteiger partial charge in [0.25, 0.3) is 9.70 Å². The van der Waals surface area contributed by atoms with E-state index in [2.05, 4.69) is 39.1 Å². The van der Waals surface area contributed by atoms with Crippen LogP contribution in [-0.4, -0.2) is 16.2 Å². The molecule has 0 aromatic heterocycles. The fraction of sp³-hybridized carbons (Fsp3) is 0.750. The monoisotopic (exact) mass is 297 g/mol. The van der Waals surface area contributed by atoms with E-state index in [-0.39, 0.29) is 5.41 Å². The predicted molar refractivity (Wildman–Crippen MR) is 73.5 cm³/mol. The summed E-state index contributed by atoms with van der Waals surface area (Å²) in [5, 5.41) is 2.68. The van der Waals surface area contributed by atoms with Crippen molar-refractivity contribution >= 4 is 40.7 Å². The van der Waals surface area contributed by atoms with Gasteiger partial charge in [0.2, 0.25) is 0 Å². The molecule has 0 radical (unpaired) electrons. The van der Waals surface area contributed by atoms with Gasteiger partial charge in [-0.3, -0.25) is 4.79 Å². The van der Waals surface area contributed by atoms with Gasteiger partial charge in [-0.1, -0.05) is 60.3 Å². The maximum absolute atomic E-state index is 11.4. The third-order valence-corrected chi connectivity index (χ3v) is 3.91. The summed E-state index contributed by atoms with van der Waals surface area (Å²) in [6.45, 7) is 9.07. The lowest BCUT2D eigenvalue weighted by molar-refractivity contribution is -0.120. The molecule has 1 aliphatic carbocycles. The van der Waals surface area contributed by atoms with Crippen LogP contribution in [0.1, 0.15) is 27.7 Å². The molecule has 2 atom stereocenters. The second-order valence-corrected chi connectivity index (χ2v) is 7.69. The van der Waals surface area contributed by atoms with Crippen LogP contribution in [0.4, 0.5) is 0 Å². The van der Waals surface area contributed by atoms with Crippen LogP contribution < -0.4 is 5.32 Å². The highest BCUT2D eigenvalue weighted by Gasteiger charge is 2.56. The van der Waals surface area contributed by atoms with Crippen LogP contribution in [0.5, 0.6) is 0 Å². The van der Waals surface area contributed by atoms with Crippen molar-refractivity contribution in [2.75, 3.05) is 6.54 Å². The molecule has 1 amide bonds. The first-order chi connectivity index (χ1) is 7.56. The van der Waals surface area contributed by atoms with Crippen LogP contribution in [0, 0.1) is 17.3 Å². The lowest BCUT2D eigenvalue weighted by Gasteiger charge is -2.11. The van der Waals surface area contributed by atoms with E-state index in [0.717, 1.165) is 0 Å². The van der Waals surface area contributed by atoms with Gasteiger partial charge in [-0.15, -0.1) is 0 Å². The molecule has 2 nitrogen and oxygen atoms in total. The molecule has 98 valence electrons. The molecule has 1 rings (SSSR count). The summed E-state index contributed by atoms with van der Waals surface area (Å²) in [5.41, 5.74) is 1.50. The van der Waals surface area contributed by atoms with Gasteiger partial charge in [-0.05, 0) is 31.1 Å². The zero-order valence-corrected chi connectivity index (χ0v) is 12.7. The molecule has 0 saturated heterocycles. The van der Waals surface area contributed by atoms with Gasteiger partial charge < -0.3 is 5.32 Å². The molecule has 1 aliphatic rings. The van der Waals surface area contributed by atoms with E-state index in [1.165, 1.54) is 5.57 Å². The molecule has 17 heavy (non-hydrogen) atoms. The number of amides is 1. The summed E-state index contributed by atoms with van der Waals surface area (Å²) in [4.78, 5) is 11.4. The lowest BCUT2D eigenvalue weighted by Crippen LogP contribution is -2.36. The minimum absolute atomic E-state index is 0.206. The predicted octanol–water partition coefficient (Wildman–Crippen LogP) is 3.71. The number of carbonyl (C=O) groups excluding carboxylic acids is 1. The highest BCUT2D eigenvalue weighted by molar-refractivity contribution is 6.76. The van der Waals surface area contributed by atoms with E-state index < -0.39 is 9.70 Å². The fourth-order valence-corrected chi connectivity index (χ4v) is 2.37. The van der Waals surface area contributed by atoms with Crippen molar-refractivity contribution in [3.05, 3.63) is 11.6 Å². The van der Waals surface area contributed by atoms with Crippen molar-refractivity contribution in [1.82, 2.24) is 5.32 Å². The highest BCUT2D eigenvalue weighted by Crippen LogP contribution is 2.58. The minimum atomic E-state index is -1.87. The van der Waals surface area contributed by atoms with Gasteiger partial charge in [0.05, 0.1) is 0 Å². The third kappa shape index (κ3) is 3.77. The Bertz CT molecular complexity index is 340. The van der Waals surface area contributed by atoms with Gasteiger partial charge in [0.15, 0.2) is 0 Å². The van der Waals surface area contributed by atoms with Gasteiger partial charge in [0.1, 0.15) is 0 Å². The number of hydrogen-bond acceptors (Lipinski definition) is 1. The summed E-state index contributed by atoms with van der Waals surface area (Å²) in [6.07, 6.45) is 2.24. The molecule has 1 saturated carbocycles. The number of hydrogen-bond donors (Lipinski definition) is 1. The summed E-state index contributed by atoms with van der Waals surface area (Å²) in [7, 11) is 0. The summed E-state index contributed by atoms with van der Waals surface area (Å²) in [5.74, 6) is 0.345. The molecule has 0 aromatic carbocycles. The van der Waals surface area contributed by atoms with Gasteiger partial charge in [0, 0.05) is 6.54 Å². The molecule has 5 heteroatoms. The second kappa shape index (κ2) is 4.99. The average molecular weight is 299 g/mol. The molecule has 0 unspecified atom stereocenters. The fourth-order valence-electron chi connectivity index (χ4n) is 2.17.